The number of hydrogen-bond donors (Lipinski definition) is 2. The number of rotatable bonds is 8. The summed E-state index contributed by atoms with van der Waals surface area (Å²) in [5, 5.41) is 15.9. The first-order chi connectivity index (χ1) is 15.3. The van der Waals surface area contributed by atoms with Crippen molar-refractivity contribution in [1.82, 2.24) is 20.1 Å². The second kappa shape index (κ2) is 10.8. The molecule has 1 aromatic heterocycles. The average Bonchev–Trinajstić information content (AvgIpc) is 3.12. The van der Waals surface area contributed by atoms with Crippen molar-refractivity contribution in [3.8, 4) is 0 Å². The third-order valence-electron chi connectivity index (χ3n) is 4.68. The van der Waals surface area contributed by atoms with Gasteiger partial charge in [-0.25, -0.2) is 0 Å². The lowest BCUT2D eigenvalue weighted by Crippen LogP contribution is -2.33. The molecule has 0 aliphatic rings. The van der Waals surface area contributed by atoms with Crippen LogP contribution in [0.1, 0.15) is 36.1 Å². The summed E-state index contributed by atoms with van der Waals surface area (Å²) in [6, 6.07) is 13.4. The summed E-state index contributed by atoms with van der Waals surface area (Å²) in [5.41, 5.74) is 1.07. The predicted octanol–water partition coefficient (Wildman–Crippen LogP) is 4.98. The van der Waals surface area contributed by atoms with Crippen LogP contribution in [-0.4, -0.2) is 32.3 Å². The molecule has 0 saturated heterocycles. The minimum Gasteiger partial charge on any atom is -0.342 e. The van der Waals surface area contributed by atoms with Crippen LogP contribution in [0, 0.1) is 5.92 Å². The van der Waals surface area contributed by atoms with E-state index in [4.69, 9.17) is 23.2 Å². The number of amides is 2. The highest BCUT2D eigenvalue weighted by atomic mass is 35.5. The van der Waals surface area contributed by atoms with E-state index < -0.39 is 0 Å². The van der Waals surface area contributed by atoms with E-state index in [0.29, 0.717) is 32.3 Å². The predicted molar refractivity (Wildman–Crippen MR) is 128 cm³/mol. The van der Waals surface area contributed by atoms with Gasteiger partial charge in [-0.2, -0.15) is 0 Å². The number of benzene rings is 2. The number of anilines is 1. The molecule has 0 unspecified atom stereocenters. The van der Waals surface area contributed by atoms with Crippen molar-refractivity contribution in [1.29, 1.82) is 0 Å². The molecule has 32 heavy (non-hydrogen) atoms. The maximum Gasteiger partial charge on any atom is 0.253 e. The molecule has 0 aliphatic heterocycles. The van der Waals surface area contributed by atoms with E-state index in [1.165, 1.54) is 11.8 Å². The maximum atomic E-state index is 12.8. The smallest absolute Gasteiger partial charge is 0.253 e. The minimum atomic E-state index is -0.381. The third kappa shape index (κ3) is 6.03. The van der Waals surface area contributed by atoms with Gasteiger partial charge in [-0.3, -0.25) is 9.59 Å². The SMILES string of the molecule is CC(C)[C@@H](NC(=O)c1ccccc1Cl)c1nnc(SCC(=O)Nc2ccc(Cl)cc2)n1C. The zero-order valence-electron chi connectivity index (χ0n) is 17.8. The molecule has 2 N–H and O–H groups in total. The van der Waals surface area contributed by atoms with Gasteiger partial charge in [0.25, 0.3) is 5.91 Å². The molecule has 2 amide bonds. The number of carbonyl (C=O) groups is 2. The Labute approximate surface area is 200 Å². The second-order valence-electron chi connectivity index (χ2n) is 7.42. The van der Waals surface area contributed by atoms with Gasteiger partial charge in [-0.05, 0) is 42.3 Å². The van der Waals surface area contributed by atoms with Crippen molar-refractivity contribution in [3.05, 3.63) is 70.0 Å². The van der Waals surface area contributed by atoms with Gasteiger partial charge < -0.3 is 15.2 Å². The monoisotopic (exact) mass is 491 g/mol. The topological polar surface area (TPSA) is 88.9 Å². The Hall–Kier alpha value is -2.55. The van der Waals surface area contributed by atoms with E-state index in [1.807, 2.05) is 20.9 Å². The molecule has 0 aliphatic carbocycles. The molecule has 1 heterocycles. The van der Waals surface area contributed by atoms with Gasteiger partial charge in [0.1, 0.15) is 0 Å². The van der Waals surface area contributed by atoms with Crippen LogP contribution in [0.3, 0.4) is 0 Å². The van der Waals surface area contributed by atoms with Crippen LogP contribution >= 0.6 is 35.0 Å². The van der Waals surface area contributed by atoms with Crippen LogP contribution in [0.15, 0.2) is 53.7 Å². The van der Waals surface area contributed by atoms with E-state index in [-0.39, 0.29) is 29.5 Å². The summed E-state index contributed by atoms with van der Waals surface area (Å²) in [6.07, 6.45) is 0. The van der Waals surface area contributed by atoms with E-state index in [1.54, 1.807) is 53.1 Å². The highest BCUT2D eigenvalue weighted by molar-refractivity contribution is 7.99. The Morgan fingerprint density at radius 2 is 1.75 bits per heavy atom. The summed E-state index contributed by atoms with van der Waals surface area (Å²) in [5.74, 6) is 0.354. The van der Waals surface area contributed by atoms with E-state index in [0.717, 1.165) is 0 Å². The zero-order chi connectivity index (χ0) is 23.3. The van der Waals surface area contributed by atoms with Gasteiger partial charge in [0.2, 0.25) is 5.91 Å². The van der Waals surface area contributed by atoms with Crippen molar-refractivity contribution in [2.24, 2.45) is 13.0 Å². The highest BCUT2D eigenvalue weighted by Crippen LogP contribution is 2.25. The van der Waals surface area contributed by atoms with Crippen molar-refractivity contribution in [2.45, 2.75) is 25.0 Å². The standard InChI is InChI=1S/C22H23Cl2N5O2S/c1-13(2)19(26-21(31)16-6-4-5-7-17(16)24)20-27-28-22(29(20)3)32-12-18(30)25-15-10-8-14(23)9-11-15/h4-11,13,19H,12H2,1-3H3,(H,25,30)(H,26,31)/t19-/m1/s1. The van der Waals surface area contributed by atoms with E-state index in [9.17, 15) is 9.59 Å². The summed E-state index contributed by atoms with van der Waals surface area (Å²) < 4.78 is 1.79. The van der Waals surface area contributed by atoms with Gasteiger partial charge in [-0.1, -0.05) is 60.9 Å². The first-order valence-electron chi connectivity index (χ1n) is 9.89. The second-order valence-corrected chi connectivity index (χ2v) is 9.20. The third-order valence-corrected chi connectivity index (χ3v) is 6.28. The summed E-state index contributed by atoms with van der Waals surface area (Å²) in [6.45, 7) is 3.97. The lowest BCUT2D eigenvalue weighted by Gasteiger charge is -2.22. The Morgan fingerprint density at radius 3 is 2.41 bits per heavy atom. The number of thioether (sulfide) groups is 1. The van der Waals surface area contributed by atoms with E-state index in [2.05, 4.69) is 20.8 Å². The van der Waals surface area contributed by atoms with Crippen molar-refractivity contribution in [3.63, 3.8) is 0 Å². The molecule has 3 rings (SSSR count). The van der Waals surface area contributed by atoms with Gasteiger partial charge in [-0.15, -0.1) is 10.2 Å². The summed E-state index contributed by atoms with van der Waals surface area (Å²) in [7, 11) is 1.81. The fraction of sp³-hybridized carbons (Fsp3) is 0.273. The van der Waals surface area contributed by atoms with Gasteiger partial charge in [0.15, 0.2) is 11.0 Å². The Bertz CT molecular complexity index is 1100. The number of carbonyl (C=O) groups excluding carboxylic acids is 2. The molecule has 0 radical (unpaired) electrons. The minimum absolute atomic E-state index is 0.0513. The van der Waals surface area contributed by atoms with E-state index >= 15 is 0 Å². The molecule has 1 atom stereocenters. The molecule has 10 heteroatoms. The van der Waals surface area contributed by atoms with Gasteiger partial charge >= 0.3 is 0 Å². The van der Waals surface area contributed by atoms with Crippen LogP contribution in [-0.2, 0) is 11.8 Å². The van der Waals surface area contributed by atoms with Crippen LogP contribution in [0.4, 0.5) is 5.69 Å². The fourth-order valence-electron chi connectivity index (χ4n) is 2.98. The van der Waals surface area contributed by atoms with Crippen molar-refractivity contribution >= 4 is 52.5 Å². The van der Waals surface area contributed by atoms with Crippen molar-refractivity contribution in [2.75, 3.05) is 11.1 Å². The van der Waals surface area contributed by atoms with Crippen LogP contribution in [0.2, 0.25) is 10.0 Å². The zero-order valence-corrected chi connectivity index (χ0v) is 20.1. The molecular formula is C22H23Cl2N5O2S. The Balaban J connectivity index is 1.67. The summed E-state index contributed by atoms with van der Waals surface area (Å²) >= 11 is 13.3. The molecule has 3 aromatic rings. The molecule has 7 nitrogen and oxygen atoms in total. The van der Waals surface area contributed by atoms with Gasteiger partial charge in [0, 0.05) is 17.8 Å². The molecule has 0 saturated carbocycles. The highest BCUT2D eigenvalue weighted by Gasteiger charge is 2.26. The lowest BCUT2D eigenvalue weighted by molar-refractivity contribution is -0.113. The molecule has 0 spiro atoms. The molecule has 0 bridgehead atoms. The fourth-order valence-corrected chi connectivity index (χ4v) is 4.04. The average molecular weight is 492 g/mol. The molecule has 0 fully saturated rings. The number of nitrogens with one attached hydrogen (secondary N) is 2. The summed E-state index contributed by atoms with van der Waals surface area (Å²) in [4.78, 5) is 25.0. The number of aromatic nitrogens is 3. The molecule has 2 aromatic carbocycles. The number of hydrogen-bond acceptors (Lipinski definition) is 5. The maximum absolute atomic E-state index is 12.8. The largest absolute Gasteiger partial charge is 0.342 e. The lowest BCUT2D eigenvalue weighted by atomic mass is 10.0. The number of halogens is 2. The number of nitrogens with zero attached hydrogens (tertiary/aromatic N) is 3. The normalized spacial score (nSPS) is 11.9. The van der Waals surface area contributed by atoms with Crippen LogP contribution in [0.25, 0.3) is 0 Å². The van der Waals surface area contributed by atoms with Crippen LogP contribution < -0.4 is 10.6 Å². The Kier molecular flexibility index (Phi) is 8.17. The molecular weight excluding hydrogens is 469 g/mol. The quantitative estimate of drug-likeness (QED) is 0.433. The van der Waals surface area contributed by atoms with Crippen LogP contribution in [0.5, 0.6) is 0 Å². The van der Waals surface area contributed by atoms with Crippen molar-refractivity contribution < 1.29 is 9.59 Å². The van der Waals surface area contributed by atoms with Gasteiger partial charge in [0.05, 0.1) is 22.4 Å². The molecule has 168 valence electrons. The Morgan fingerprint density at radius 1 is 1.06 bits per heavy atom. The first kappa shape index (κ1) is 24.1. The first-order valence-corrected chi connectivity index (χ1v) is 11.6.